The number of piperazine rings is 1. The van der Waals surface area contributed by atoms with Gasteiger partial charge in [-0.15, -0.1) is 0 Å². The van der Waals surface area contributed by atoms with Crippen molar-refractivity contribution in [3.63, 3.8) is 0 Å². The van der Waals surface area contributed by atoms with Crippen LogP contribution in [0.25, 0.3) is 0 Å². The Labute approximate surface area is 173 Å². The number of benzene rings is 1. The van der Waals surface area contributed by atoms with Crippen molar-refractivity contribution in [3.05, 3.63) is 24.3 Å². The number of anilines is 1. The zero-order chi connectivity index (χ0) is 21.1. The van der Waals surface area contributed by atoms with Gasteiger partial charge >= 0.3 is 0 Å². The molecule has 1 aromatic carbocycles. The second-order valence-corrected chi connectivity index (χ2v) is 12.1. The molecule has 1 amide bonds. The number of amides is 1. The predicted molar refractivity (Wildman–Crippen MR) is 112 cm³/mol. The molecule has 1 aliphatic carbocycles. The molecule has 1 aromatic rings. The fourth-order valence-electron chi connectivity index (χ4n) is 3.76. The number of hydrogen-bond donors (Lipinski definition) is 1. The van der Waals surface area contributed by atoms with E-state index in [4.69, 9.17) is 0 Å². The van der Waals surface area contributed by atoms with E-state index < -0.39 is 19.9 Å². The first-order chi connectivity index (χ1) is 13.7. The van der Waals surface area contributed by atoms with E-state index in [0.29, 0.717) is 44.7 Å². The molecule has 0 unspecified atom stereocenters. The average Bonchev–Trinajstić information content (AvgIpc) is 3.23. The lowest BCUT2D eigenvalue weighted by molar-refractivity contribution is -0.115. The zero-order valence-electron chi connectivity index (χ0n) is 16.7. The smallest absolute Gasteiger partial charge is 0.243 e. The van der Waals surface area contributed by atoms with Crippen LogP contribution in [0.5, 0.6) is 0 Å². The fourth-order valence-corrected chi connectivity index (χ4v) is 7.04. The van der Waals surface area contributed by atoms with Gasteiger partial charge in [-0.2, -0.15) is 4.31 Å². The Morgan fingerprint density at radius 2 is 1.59 bits per heavy atom. The highest BCUT2D eigenvalue weighted by atomic mass is 32.2. The lowest BCUT2D eigenvalue weighted by Gasteiger charge is -2.31. The standard InChI is InChI=1S/C19H29N3O5S2/c1-21-11-13-22(14-12-21)29(26,27)18-8-6-16(7-9-18)20-19(23)10-15-28(24,25)17-4-2-3-5-17/h6-9,17H,2-5,10-15H2,1H3,(H,20,23). The summed E-state index contributed by atoms with van der Waals surface area (Å²) in [6.07, 6.45) is 3.14. The Kier molecular flexibility index (Phi) is 6.98. The number of sulfone groups is 1. The van der Waals surface area contributed by atoms with E-state index in [2.05, 4.69) is 10.2 Å². The van der Waals surface area contributed by atoms with E-state index in [1.54, 1.807) is 0 Å². The minimum absolute atomic E-state index is 0.0970. The molecule has 3 rings (SSSR count). The Bertz CT molecular complexity index is 915. The Balaban J connectivity index is 1.55. The van der Waals surface area contributed by atoms with Crippen molar-refractivity contribution in [2.45, 2.75) is 42.2 Å². The molecule has 1 heterocycles. The summed E-state index contributed by atoms with van der Waals surface area (Å²) in [5.41, 5.74) is 0.450. The highest BCUT2D eigenvalue weighted by Gasteiger charge is 2.29. The van der Waals surface area contributed by atoms with Crippen molar-refractivity contribution in [3.8, 4) is 0 Å². The van der Waals surface area contributed by atoms with Gasteiger partial charge in [0.25, 0.3) is 0 Å². The lowest BCUT2D eigenvalue weighted by Crippen LogP contribution is -2.46. The van der Waals surface area contributed by atoms with Crippen molar-refractivity contribution >= 4 is 31.5 Å². The van der Waals surface area contributed by atoms with Crippen molar-refractivity contribution in [2.75, 3.05) is 44.3 Å². The van der Waals surface area contributed by atoms with Crippen LogP contribution >= 0.6 is 0 Å². The second kappa shape index (κ2) is 9.11. The minimum atomic E-state index is -3.56. The number of likely N-dealkylation sites (N-methyl/N-ethyl adjacent to an activating group) is 1. The molecule has 1 aliphatic heterocycles. The minimum Gasteiger partial charge on any atom is -0.326 e. The molecule has 8 nitrogen and oxygen atoms in total. The van der Waals surface area contributed by atoms with E-state index in [9.17, 15) is 21.6 Å². The Hall–Kier alpha value is -1.49. The highest BCUT2D eigenvalue weighted by Crippen LogP contribution is 2.25. The highest BCUT2D eigenvalue weighted by molar-refractivity contribution is 7.92. The molecule has 10 heteroatoms. The third-order valence-electron chi connectivity index (χ3n) is 5.66. The maximum atomic E-state index is 12.7. The van der Waals surface area contributed by atoms with Gasteiger partial charge in [-0.05, 0) is 44.2 Å². The van der Waals surface area contributed by atoms with Gasteiger partial charge in [0, 0.05) is 38.3 Å². The predicted octanol–water partition coefficient (Wildman–Crippen LogP) is 1.31. The van der Waals surface area contributed by atoms with Gasteiger partial charge in [0.2, 0.25) is 15.9 Å². The molecular weight excluding hydrogens is 414 g/mol. The molecular formula is C19H29N3O5S2. The van der Waals surface area contributed by atoms with Crippen molar-refractivity contribution in [2.24, 2.45) is 0 Å². The Morgan fingerprint density at radius 1 is 1.00 bits per heavy atom. The zero-order valence-corrected chi connectivity index (χ0v) is 18.3. The summed E-state index contributed by atoms with van der Waals surface area (Å²) in [4.78, 5) is 14.4. The summed E-state index contributed by atoms with van der Waals surface area (Å²) in [5.74, 6) is -0.541. The largest absolute Gasteiger partial charge is 0.326 e. The van der Waals surface area contributed by atoms with Gasteiger partial charge in [-0.1, -0.05) is 12.8 Å². The molecule has 0 radical (unpaired) electrons. The number of rotatable bonds is 7. The molecule has 0 atom stereocenters. The van der Waals surface area contributed by atoms with Gasteiger partial charge in [-0.25, -0.2) is 16.8 Å². The summed E-state index contributed by atoms with van der Waals surface area (Å²) in [6, 6.07) is 6.01. The van der Waals surface area contributed by atoms with Crippen LogP contribution in [0, 0.1) is 0 Å². The summed E-state index contributed by atoms with van der Waals surface area (Å²) in [7, 11) is -4.84. The number of nitrogens with zero attached hydrogens (tertiary/aromatic N) is 2. The van der Waals surface area contributed by atoms with Crippen molar-refractivity contribution < 1.29 is 21.6 Å². The normalized spacial score (nSPS) is 20.0. The van der Waals surface area contributed by atoms with Crippen LogP contribution in [-0.4, -0.2) is 76.2 Å². The van der Waals surface area contributed by atoms with Crippen LogP contribution in [0.4, 0.5) is 5.69 Å². The van der Waals surface area contributed by atoms with E-state index in [-0.39, 0.29) is 28.2 Å². The molecule has 29 heavy (non-hydrogen) atoms. The van der Waals surface area contributed by atoms with Crippen LogP contribution in [-0.2, 0) is 24.7 Å². The molecule has 1 N–H and O–H groups in total. The first-order valence-electron chi connectivity index (χ1n) is 9.99. The van der Waals surface area contributed by atoms with Crippen LogP contribution < -0.4 is 5.32 Å². The van der Waals surface area contributed by atoms with Gasteiger partial charge in [0.15, 0.2) is 9.84 Å². The van der Waals surface area contributed by atoms with Gasteiger partial charge in [-0.3, -0.25) is 4.79 Å². The first-order valence-corrected chi connectivity index (χ1v) is 13.1. The van der Waals surface area contributed by atoms with Crippen LogP contribution in [0.15, 0.2) is 29.2 Å². The van der Waals surface area contributed by atoms with Crippen molar-refractivity contribution in [1.29, 1.82) is 0 Å². The number of sulfonamides is 1. The Morgan fingerprint density at radius 3 is 2.17 bits per heavy atom. The molecule has 162 valence electrons. The van der Waals surface area contributed by atoms with Crippen LogP contribution in [0.3, 0.4) is 0 Å². The average molecular weight is 444 g/mol. The number of hydrogen-bond acceptors (Lipinski definition) is 6. The maximum Gasteiger partial charge on any atom is 0.243 e. The van der Waals surface area contributed by atoms with E-state index in [1.807, 2.05) is 7.05 Å². The quantitative estimate of drug-likeness (QED) is 0.681. The summed E-state index contributed by atoms with van der Waals surface area (Å²) in [6.45, 7) is 2.29. The van der Waals surface area contributed by atoms with Gasteiger partial charge < -0.3 is 10.2 Å². The van der Waals surface area contributed by atoms with E-state index in [1.165, 1.54) is 28.6 Å². The molecule has 2 fully saturated rings. The molecule has 1 saturated heterocycles. The van der Waals surface area contributed by atoms with E-state index in [0.717, 1.165) is 12.8 Å². The van der Waals surface area contributed by atoms with Gasteiger partial charge in [0.05, 0.1) is 15.9 Å². The summed E-state index contributed by atoms with van der Waals surface area (Å²) >= 11 is 0. The maximum absolute atomic E-state index is 12.7. The number of carbonyl (C=O) groups is 1. The SMILES string of the molecule is CN1CCN(S(=O)(=O)c2ccc(NC(=O)CCS(=O)(=O)C3CCCC3)cc2)CC1. The third-order valence-corrected chi connectivity index (χ3v) is 9.83. The van der Waals surface area contributed by atoms with E-state index >= 15 is 0 Å². The summed E-state index contributed by atoms with van der Waals surface area (Å²) in [5, 5.41) is 2.34. The third kappa shape index (κ3) is 5.56. The first kappa shape index (κ1) is 22.2. The molecule has 1 saturated carbocycles. The molecule has 0 aromatic heterocycles. The molecule has 0 spiro atoms. The van der Waals surface area contributed by atoms with Crippen LogP contribution in [0.2, 0.25) is 0 Å². The topological polar surface area (TPSA) is 104 Å². The number of nitrogens with one attached hydrogen (secondary N) is 1. The lowest BCUT2D eigenvalue weighted by atomic mass is 10.3. The molecule has 2 aliphatic rings. The fraction of sp³-hybridized carbons (Fsp3) is 0.632. The monoisotopic (exact) mass is 443 g/mol. The van der Waals surface area contributed by atoms with Gasteiger partial charge in [0.1, 0.15) is 0 Å². The second-order valence-electron chi connectivity index (χ2n) is 7.80. The molecule has 0 bridgehead atoms. The van der Waals surface area contributed by atoms with Crippen molar-refractivity contribution in [1.82, 2.24) is 9.21 Å². The number of carbonyl (C=O) groups excluding carboxylic acids is 1. The summed E-state index contributed by atoms with van der Waals surface area (Å²) < 4.78 is 51.4. The van der Waals surface area contributed by atoms with Crippen LogP contribution in [0.1, 0.15) is 32.1 Å².